The van der Waals surface area contributed by atoms with E-state index in [1.165, 1.54) is 0 Å². The van der Waals surface area contributed by atoms with Crippen molar-refractivity contribution in [3.63, 3.8) is 0 Å². The minimum atomic E-state index is -4.17. The zero-order chi connectivity index (χ0) is 8.74. The van der Waals surface area contributed by atoms with E-state index in [0.29, 0.717) is 0 Å². The highest BCUT2D eigenvalue weighted by atomic mass is 32.1. The first-order valence-corrected chi connectivity index (χ1v) is 4.57. The van der Waals surface area contributed by atoms with Crippen molar-refractivity contribution in [2.45, 2.75) is 13.8 Å². The van der Waals surface area contributed by atoms with E-state index >= 15 is 0 Å². The molecule has 0 unspecified atom stereocenters. The van der Waals surface area contributed by atoms with Gasteiger partial charge in [0.25, 0.3) is 0 Å². The predicted octanol–water partition coefficient (Wildman–Crippen LogP) is 1.14. The molecule has 0 fully saturated rings. The summed E-state index contributed by atoms with van der Waals surface area (Å²) in [5, 5.41) is 0. The van der Waals surface area contributed by atoms with Gasteiger partial charge in [-0.3, -0.25) is 4.89 Å². The van der Waals surface area contributed by atoms with Crippen LogP contribution in [0.2, 0.25) is 0 Å². The van der Waals surface area contributed by atoms with Gasteiger partial charge in [0.2, 0.25) is 0 Å². The molecule has 0 saturated carbocycles. The van der Waals surface area contributed by atoms with E-state index in [1.54, 1.807) is 13.8 Å². The van der Waals surface area contributed by atoms with Crippen LogP contribution in [-0.4, -0.2) is 18.1 Å². The molecule has 0 aliphatic carbocycles. The fourth-order valence-electron chi connectivity index (χ4n) is 0.251. The third kappa shape index (κ3) is 8.48. The van der Waals surface area contributed by atoms with Gasteiger partial charge < -0.3 is 0 Å². The lowest BCUT2D eigenvalue weighted by atomic mass is 10.9. The van der Waals surface area contributed by atoms with E-state index in [2.05, 4.69) is 19.1 Å². The van der Waals surface area contributed by atoms with Crippen molar-refractivity contribution in [3.05, 3.63) is 0 Å². The number of rotatable bonds is 6. The molecule has 0 aliphatic rings. The van der Waals surface area contributed by atoms with E-state index in [-0.39, 0.29) is 26.7 Å². The van der Waals surface area contributed by atoms with Crippen LogP contribution in [0.15, 0.2) is 0 Å². The smallest absolute Gasteiger partial charge is 0.299 e. The zero-order valence-electron chi connectivity index (χ0n) is 6.85. The quantitative estimate of drug-likeness (QED) is 0.411. The summed E-state index contributed by atoms with van der Waals surface area (Å²) >= 11 is 0. The van der Waals surface area contributed by atoms with Crippen LogP contribution >= 0.6 is 21.3 Å². The molecular weight excluding hydrogens is 207 g/mol. The molecule has 1 N–H and O–H groups in total. The Morgan fingerprint density at radius 1 is 1.17 bits per heavy atom. The lowest BCUT2D eigenvalue weighted by molar-refractivity contribution is -0.275. The predicted molar refractivity (Wildman–Crippen MR) is 45.6 cm³/mol. The van der Waals surface area contributed by atoms with Crippen LogP contribution < -0.4 is 0 Å². The molecule has 0 amide bonds. The summed E-state index contributed by atoms with van der Waals surface area (Å²) in [6.07, 6.45) is 0. The molecule has 76 valence electrons. The zero-order valence-corrected chi connectivity index (χ0v) is 8.74. The average molecular weight is 220 g/mol. The molecule has 0 aliphatic heterocycles. The molecule has 0 aromatic carbocycles. The lowest BCUT2D eigenvalue weighted by Crippen LogP contribution is -1.97. The Bertz CT molecular complexity index is 130. The molecule has 0 atom stereocenters. The SMILES string of the molecule is CCOOP(=O)(O)OOCC.S. The Morgan fingerprint density at radius 3 is 1.75 bits per heavy atom. The second-order valence-corrected chi connectivity index (χ2v) is 2.67. The highest BCUT2D eigenvalue weighted by molar-refractivity contribution is 7.59. The minimum absolute atomic E-state index is 0. The van der Waals surface area contributed by atoms with Crippen molar-refractivity contribution in [1.82, 2.24) is 0 Å². The van der Waals surface area contributed by atoms with Crippen LogP contribution in [0, 0.1) is 0 Å². The molecule has 0 heterocycles. The lowest BCUT2D eigenvalue weighted by Gasteiger charge is -2.07. The molecule has 0 aromatic rings. The van der Waals surface area contributed by atoms with Gasteiger partial charge in [-0.15, -0.1) is 9.35 Å². The highest BCUT2D eigenvalue weighted by Crippen LogP contribution is 2.43. The number of phosphoric acid groups is 1. The summed E-state index contributed by atoms with van der Waals surface area (Å²) in [4.78, 5) is 17.0. The fourth-order valence-corrected chi connectivity index (χ4v) is 0.753. The van der Waals surface area contributed by atoms with Crippen LogP contribution in [-0.2, 0) is 23.7 Å². The first kappa shape index (κ1) is 14.9. The Labute approximate surface area is 77.7 Å². The third-order valence-electron chi connectivity index (χ3n) is 0.529. The Balaban J connectivity index is 0. The van der Waals surface area contributed by atoms with Gasteiger partial charge in [-0.25, -0.2) is 14.3 Å². The molecular formula is C4H13O6PS. The molecule has 8 heteroatoms. The first-order valence-electron chi connectivity index (χ1n) is 3.07. The van der Waals surface area contributed by atoms with Gasteiger partial charge >= 0.3 is 7.82 Å². The molecule has 0 aromatic heterocycles. The van der Waals surface area contributed by atoms with Crippen molar-refractivity contribution in [2.24, 2.45) is 0 Å². The van der Waals surface area contributed by atoms with Gasteiger partial charge in [0, 0.05) is 0 Å². The maximum atomic E-state index is 10.6. The van der Waals surface area contributed by atoms with Gasteiger partial charge in [-0.2, -0.15) is 13.5 Å². The van der Waals surface area contributed by atoms with Gasteiger partial charge in [-0.1, -0.05) is 0 Å². The maximum absolute atomic E-state index is 10.6. The first-order chi connectivity index (χ1) is 5.12. The van der Waals surface area contributed by atoms with E-state index in [0.717, 1.165) is 0 Å². The third-order valence-corrected chi connectivity index (χ3v) is 1.12. The molecule has 6 nitrogen and oxygen atoms in total. The Hall–Kier alpha value is 0.380. The van der Waals surface area contributed by atoms with Gasteiger partial charge in [0.15, 0.2) is 0 Å². The number of hydrogen-bond donors (Lipinski definition) is 1. The van der Waals surface area contributed by atoms with Crippen molar-refractivity contribution < 1.29 is 28.6 Å². The topological polar surface area (TPSA) is 74.2 Å². The average Bonchev–Trinajstić information content (AvgIpc) is 1.97. The maximum Gasteiger partial charge on any atom is 0.526 e. The summed E-state index contributed by atoms with van der Waals surface area (Å²) in [6, 6.07) is 0. The summed E-state index contributed by atoms with van der Waals surface area (Å²) in [7, 11) is -4.17. The largest absolute Gasteiger partial charge is 0.526 e. The fraction of sp³-hybridized carbons (Fsp3) is 1.00. The van der Waals surface area contributed by atoms with E-state index in [4.69, 9.17) is 4.89 Å². The summed E-state index contributed by atoms with van der Waals surface area (Å²) < 4.78 is 18.5. The van der Waals surface area contributed by atoms with Crippen LogP contribution in [0.25, 0.3) is 0 Å². The Kier molecular flexibility index (Phi) is 9.92. The van der Waals surface area contributed by atoms with Gasteiger partial charge in [0.05, 0.1) is 13.2 Å². The van der Waals surface area contributed by atoms with Gasteiger partial charge in [-0.05, 0) is 13.8 Å². The second kappa shape index (κ2) is 8.00. The summed E-state index contributed by atoms with van der Waals surface area (Å²) in [6.45, 7) is 3.50. The summed E-state index contributed by atoms with van der Waals surface area (Å²) in [5.41, 5.74) is 0. The van der Waals surface area contributed by atoms with Crippen LogP contribution in [0.3, 0.4) is 0 Å². The van der Waals surface area contributed by atoms with Crippen LogP contribution in [0.1, 0.15) is 13.8 Å². The van der Waals surface area contributed by atoms with Crippen molar-refractivity contribution >= 4 is 21.3 Å². The van der Waals surface area contributed by atoms with Crippen molar-refractivity contribution in [3.8, 4) is 0 Å². The minimum Gasteiger partial charge on any atom is -0.299 e. The van der Waals surface area contributed by atoms with Crippen LogP contribution in [0.5, 0.6) is 0 Å². The van der Waals surface area contributed by atoms with Crippen molar-refractivity contribution in [1.29, 1.82) is 0 Å². The van der Waals surface area contributed by atoms with Gasteiger partial charge in [0.1, 0.15) is 0 Å². The standard InChI is InChI=1S/C4H11O6P.H2S/c1-3-7-9-11(5,6)10-8-4-2;/h3-4H2,1-2H3,(H,5,6);1H2. The molecule has 0 radical (unpaired) electrons. The van der Waals surface area contributed by atoms with Crippen LogP contribution in [0.4, 0.5) is 0 Å². The molecule has 0 saturated heterocycles. The second-order valence-electron chi connectivity index (χ2n) is 1.43. The van der Waals surface area contributed by atoms with E-state index < -0.39 is 7.82 Å². The molecule has 0 rings (SSSR count). The summed E-state index contributed by atoms with van der Waals surface area (Å²) in [5.74, 6) is 0. The molecule has 0 bridgehead atoms. The monoisotopic (exact) mass is 220 g/mol. The highest BCUT2D eigenvalue weighted by Gasteiger charge is 2.23. The van der Waals surface area contributed by atoms with E-state index in [1.807, 2.05) is 0 Å². The number of hydrogen-bond acceptors (Lipinski definition) is 5. The molecule has 12 heavy (non-hydrogen) atoms. The van der Waals surface area contributed by atoms with E-state index in [9.17, 15) is 4.57 Å². The molecule has 0 spiro atoms. The normalized spacial score (nSPS) is 10.9. The Morgan fingerprint density at radius 2 is 1.50 bits per heavy atom. The van der Waals surface area contributed by atoms with Crippen molar-refractivity contribution in [2.75, 3.05) is 13.2 Å².